The second-order valence-corrected chi connectivity index (χ2v) is 11.7. The summed E-state index contributed by atoms with van der Waals surface area (Å²) in [6.45, 7) is 1.23. The van der Waals surface area contributed by atoms with Gasteiger partial charge in [-0.3, -0.25) is 4.98 Å². The Morgan fingerprint density at radius 1 is 1.03 bits per heavy atom. The molecule has 4 aromatic rings. The van der Waals surface area contributed by atoms with Crippen molar-refractivity contribution in [3.63, 3.8) is 0 Å². The Kier molecular flexibility index (Phi) is 9.61. The first-order valence-electron chi connectivity index (χ1n) is 10.0. The van der Waals surface area contributed by atoms with Crippen molar-refractivity contribution in [2.45, 2.75) is 13.5 Å². The van der Waals surface area contributed by atoms with Gasteiger partial charge in [0.15, 0.2) is 0 Å². The molecule has 33 heavy (non-hydrogen) atoms. The van der Waals surface area contributed by atoms with E-state index in [9.17, 15) is 10.2 Å². The average Bonchev–Trinajstić information content (AvgIpc) is 3.39. The Labute approximate surface area is 206 Å². The van der Waals surface area contributed by atoms with Gasteiger partial charge in [-0.25, -0.2) is 0 Å². The predicted octanol–water partition coefficient (Wildman–Crippen LogP) is 1.50. The monoisotopic (exact) mass is 563 g/mol. The second kappa shape index (κ2) is 12.9. The van der Waals surface area contributed by atoms with Gasteiger partial charge in [-0.05, 0) is 23.9 Å². The molecule has 0 aliphatic carbocycles. The van der Waals surface area contributed by atoms with Crippen LogP contribution in [-0.2, 0) is 6.61 Å². The third-order valence-electron chi connectivity index (χ3n) is 4.41. The maximum absolute atomic E-state index is 11.9. The molecule has 0 atom stereocenters. The number of rotatable bonds is 6. The summed E-state index contributed by atoms with van der Waals surface area (Å²) in [5.74, 6) is -0.806. The van der Waals surface area contributed by atoms with Crippen molar-refractivity contribution in [2.75, 3.05) is 0 Å². The summed E-state index contributed by atoms with van der Waals surface area (Å²) in [7, 11) is 0. The molecule has 0 aliphatic rings. The quantitative estimate of drug-likeness (QED) is 0.167. The van der Waals surface area contributed by atoms with E-state index in [0.29, 0.717) is 16.1 Å². The van der Waals surface area contributed by atoms with Gasteiger partial charge in [0.1, 0.15) is 0 Å². The van der Waals surface area contributed by atoms with E-state index in [4.69, 9.17) is 5.11 Å². The van der Waals surface area contributed by atoms with E-state index in [0.717, 1.165) is 0 Å². The first kappa shape index (κ1) is 24.6. The second-order valence-electron chi connectivity index (χ2n) is 6.75. The van der Waals surface area contributed by atoms with Crippen LogP contribution in [0.1, 0.15) is 21.7 Å². The van der Waals surface area contributed by atoms with Crippen LogP contribution in [0, 0.1) is 6.92 Å². The van der Waals surface area contributed by atoms with E-state index >= 15 is 0 Å². The van der Waals surface area contributed by atoms with Crippen molar-refractivity contribution in [2.24, 2.45) is 10.2 Å². The number of aryl methyl sites for hydroxylation is 1. The van der Waals surface area contributed by atoms with Crippen LogP contribution in [0.4, 0.5) is 0 Å². The van der Waals surface area contributed by atoms with Gasteiger partial charge < -0.3 is 15.3 Å². The number of aromatic nitrogens is 1. The first-order valence-corrected chi connectivity index (χ1v) is 13.8. The standard InChI is InChI=1S/C13H13N3O3S.2C6H5.Sn/c1-8-12(18)10(9(7-17)5-14-8)6-15-16-13(19)11-3-2-4-20-11;2*1-2-4-6-5-3-1;/h2-6,17-18H,7H2,1H3,(H,16,19);2*1-5H;/q;;;+2/p-2/b15-6+;;;. The van der Waals surface area contributed by atoms with Crippen LogP contribution in [-0.4, -0.2) is 43.3 Å². The Morgan fingerprint density at radius 3 is 2.21 bits per heavy atom. The molecule has 0 aliphatic heterocycles. The van der Waals surface area contributed by atoms with Crippen LogP contribution in [0.5, 0.6) is 5.75 Å². The molecule has 0 radical (unpaired) electrons. The number of nitrogens with zero attached hydrogens (tertiary/aromatic N) is 3. The molecule has 4 rings (SSSR count). The predicted molar refractivity (Wildman–Crippen MR) is 131 cm³/mol. The molecule has 2 aromatic heterocycles. The fraction of sp³-hybridized carbons (Fsp3) is 0.0800. The SMILES string of the molecule is Cc1ncc(CO)c(/C=N/N=C(\[O-])c2cccs2)c1[O-].c1cc[c]([Sn+2][c]2ccccc2)cc1. The van der Waals surface area contributed by atoms with Crippen molar-refractivity contribution >= 4 is 51.8 Å². The summed E-state index contributed by atoms with van der Waals surface area (Å²) < 4.78 is 3.08. The molecule has 0 bridgehead atoms. The Bertz CT molecular complexity index is 1160. The van der Waals surface area contributed by atoms with Gasteiger partial charge in [0.25, 0.3) is 0 Å². The summed E-state index contributed by atoms with van der Waals surface area (Å²) in [6.07, 6.45) is 2.58. The number of pyridine rings is 1. The van der Waals surface area contributed by atoms with Crippen LogP contribution in [0.15, 0.2) is 94.6 Å². The third-order valence-corrected chi connectivity index (χ3v) is 8.82. The Hall–Kier alpha value is -3.01. The minimum atomic E-state index is -0.517. The molecular formula is C25H21N3O3SSn. The van der Waals surface area contributed by atoms with E-state index in [1.165, 1.54) is 30.9 Å². The van der Waals surface area contributed by atoms with Crippen molar-refractivity contribution < 1.29 is 15.3 Å². The van der Waals surface area contributed by atoms with Gasteiger partial charge in [-0.2, -0.15) is 10.2 Å². The van der Waals surface area contributed by atoms with E-state index in [1.54, 1.807) is 24.4 Å². The zero-order chi connectivity index (χ0) is 23.5. The number of thiophene rings is 1. The van der Waals surface area contributed by atoms with E-state index in [2.05, 4.69) is 75.9 Å². The molecule has 2 heterocycles. The zero-order valence-electron chi connectivity index (χ0n) is 17.9. The third kappa shape index (κ3) is 7.52. The van der Waals surface area contributed by atoms with Crippen molar-refractivity contribution in [1.29, 1.82) is 0 Å². The molecular weight excluding hydrogens is 541 g/mol. The Morgan fingerprint density at radius 2 is 1.67 bits per heavy atom. The van der Waals surface area contributed by atoms with Crippen molar-refractivity contribution in [3.05, 3.63) is 106 Å². The fourth-order valence-corrected chi connectivity index (χ4v) is 6.31. The molecule has 0 fully saturated rings. The topological polar surface area (TPSA) is 104 Å². The van der Waals surface area contributed by atoms with Crippen LogP contribution in [0.2, 0.25) is 0 Å². The molecule has 0 amide bonds. The van der Waals surface area contributed by atoms with Gasteiger partial charge >= 0.3 is 89.0 Å². The number of hydrogen-bond acceptors (Lipinski definition) is 7. The van der Waals surface area contributed by atoms with Crippen LogP contribution >= 0.6 is 11.3 Å². The van der Waals surface area contributed by atoms with Gasteiger partial charge in [0, 0.05) is 28.2 Å². The molecule has 2 aromatic carbocycles. The zero-order valence-corrected chi connectivity index (χ0v) is 21.6. The fourth-order valence-electron chi connectivity index (χ4n) is 2.71. The first-order chi connectivity index (χ1) is 16.1. The summed E-state index contributed by atoms with van der Waals surface area (Å²) in [4.78, 5) is 4.33. The minimum absolute atomic E-state index is 0.197. The van der Waals surface area contributed by atoms with Gasteiger partial charge in [0.05, 0.1) is 12.8 Å². The van der Waals surface area contributed by atoms with Crippen molar-refractivity contribution in [1.82, 2.24) is 4.98 Å². The van der Waals surface area contributed by atoms with E-state index < -0.39 is 27.0 Å². The van der Waals surface area contributed by atoms with Gasteiger partial charge in [0.2, 0.25) is 0 Å². The summed E-state index contributed by atoms with van der Waals surface area (Å²) in [6, 6.07) is 25.0. The van der Waals surface area contributed by atoms with Crippen LogP contribution < -0.4 is 17.4 Å². The molecule has 0 spiro atoms. The number of aliphatic hydroxyl groups is 1. The average molecular weight is 562 g/mol. The number of aliphatic hydroxyl groups excluding tert-OH is 1. The number of hydrogen-bond donors (Lipinski definition) is 1. The van der Waals surface area contributed by atoms with Crippen molar-refractivity contribution in [3.8, 4) is 5.75 Å². The van der Waals surface area contributed by atoms with E-state index in [-0.39, 0.29) is 17.9 Å². The molecule has 0 saturated carbocycles. The molecule has 0 saturated heterocycles. The Balaban J connectivity index is 0.000000203. The van der Waals surface area contributed by atoms with Crippen LogP contribution in [0.25, 0.3) is 0 Å². The summed E-state index contributed by atoms with van der Waals surface area (Å²) >= 11 is 0.744. The molecule has 6 nitrogen and oxygen atoms in total. The molecule has 8 heteroatoms. The number of benzene rings is 2. The summed E-state index contributed by atoms with van der Waals surface area (Å²) in [5.41, 5.74) is 0.846. The van der Waals surface area contributed by atoms with Gasteiger partial charge in [-0.1, -0.05) is 11.8 Å². The molecule has 1 N–H and O–H groups in total. The molecule has 164 valence electrons. The van der Waals surface area contributed by atoms with E-state index in [1.807, 2.05) is 0 Å². The van der Waals surface area contributed by atoms with Crippen LogP contribution in [0.3, 0.4) is 0 Å². The maximum atomic E-state index is 11.9. The summed E-state index contributed by atoms with van der Waals surface area (Å²) in [5, 5.41) is 41.5. The molecule has 0 unspecified atom stereocenters. The van der Waals surface area contributed by atoms with Gasteiger partial charge in [-0.15, -0.1) is 11.3 Å². The normalized spacial score (nSPS) is 11.0.